The Morgan fingerprint density at radius 2 is 2.15 bits per heavy atom. The van der Waals surface area contributed by atoms with Gasteiger partial charge in [0.25, 0.3) is 0 Å². The number of nitrogens with zero attached hydrogens (tertiary/aromatic N) is 3. The maximum absolute atomic E-state index is 12.5. The first-order chi connectivity index (χ1) is 19.8. The van der Waals surface area contributed by atoms with Gasteiger partial charge in [0.2, 0.25) is 5.91 Å². The highest BCUT2D eigenvalue weighted by Gasteiger charge is 2.33. The van der Waals surface area contributed by atoms with Crippen LogP contribution < -0.4 is 0 Å². The molecule has 1 N–H and O–H groups in total. The third-order valence-corrected chi connectivity index (χ3v) is 6.82. The van der Waals surface area contributed by atoms with Gasteiger partial charge >= 0.3 is 0 Å². The lowest BCUT2D eigenvalue weighted by Gasteiger charge is -2.36. The number of alkyl halides is 1. The molecule has 0 radical (unpaired) electrons. The topological polar surface area (TPSA) is 63.1 Å². The van der Waals surface area contributed by atoms with Crippen LogP contribution in [0.2, 0.25) is 5.02 Å². The van der Waals surface area contributed by atoms with Crippen LogP contribution in [0.4, 0.5) is 4.39 Å². The molecule has 2 aromatic heterocycles. The van der Waals surface area contributed by atoms with Gasteiger partial charge in [0.05, 0.1) is 18.9 Å². The largest absolute Gasteiger partial charge is 0.492 e. The third-order valence-electron chi connectivity index (χ3n) is 6.58. The fourth-order valence-electron chi connectivity index (χ4n) is 4.64. The van der Waals surface area contributed by atoms with Crippen LogP contribution in [0.25, 0.3) is 10.9 Å². The summed E-state index contributed by atoms with van der Waals surface area (Å²) in [4.78, 5) is 22.0. The summed E-state index contributed by atoms with van der Waals surface area (Å²) >= 11 is 6.25. The second-order valence-corrected chi connectivity index (χ2v) is 9.86. The van der Waals surface area contributed by atoms with Gasteiger partial charge in [-0.2, -0.15) is 0 Å². The van der Waals surface area contributed by atoms with Crippen LogP contribution in [-0.2, 0) is 22.5 Å². The molecule has 0 saturated heterocycles. The Morgan fingerprint density at radius 1 is 1.34 bits per heavy atom. The molecule has 1 aromatic carbocycles. The molecule has 0 bridgehead atoms. The minimum absolute atomic E-state index is 0.0421. The maximum Gasteiger partial charge on any atom is 0.220 e. The zero-order valence-electron chi connectivity index (χ0n) is 23.7. The second-order valence-electron chi connectivity index (χ2n) is 9.42. The van der Waals surface area contributed by atoms with Gasteiger partial charge in [0.15, 0.2) is 0 Å². The van der Waals surface area contributed by atoms with Gasteiger partial charge in [0.1, 0.15) is 19.0 Å². The number of halogens is 2. The standard InChI is InChI=1S/C25H27ClN4O2.C8H9F/c1-4-19(6-5-17(2)32-14-13-29-12-10-27-16-29)25-24-21(9-11-30(25)18(3)31)22-15-20(26)7-8-23(22)28-24;1-3-5-8(2)6-4-7-9/h4-8,10,12,15-16,25,28H,2,9,11,13-14H2,1,3H3;1,4-6H,7H2,2H3/b6-5-,19-4+;6-4-,8-5-. The summed E-state index contributed by atoms with van der Waals surface area (Å²) < 4.78 is 19.1. The number of fused-ring (bicyclic) bond motifs is 3. The summed E-state index contributed by atoms with van der Waals surface area (Å²) in [5, 5.41) is 1.83. The molecule has 0 saturated carbocycles. The van der Waals surface area contributed by atoms with Gasteiger partial charge in [-0.05, 0) is 67.3 Å². The van der Waals surface area contributed by atoms with Crippen LogP contribution >= 0.6 is 11.6 Å². The Hall–Kier alpha value is -4.28. The van der Waals surface area contributed by atoms with Crippen molar-refractivity contribution < 1.29 is 13.9 Å². The van der Waals surface area contributed by atoms with Crippen molar-refractivity contribution >= 4 is 28.4 Å². The number of rotatable bonds is 9. The highest BCUT2D eigenvalue weighted by Crippen LogP contribution is 2.39. The van der Waals surface area contributed by atoms with E-state index in [4.69, 9.17) is 22.8 Å². The minimum atomic E-state index is -0.435. The number of nitrogens with one attached hydrogen (secondary N) is 1. The number of imidazole rings is 1. The van der Waals surface area contributed by atoms with Crippen LogP contribution in [0, 0.1) is 12.3 Å². The van der Waals surface area contributed by atoms with E-state index in [1.54, 1.807) is 31.6 Å². The predicted octanol–water partition coefficient (Wildman–Crippen LogP) is 7.29. The highest BCUT2D eigenvalue weighted by atomic mass is 35.5. The van der Waals surface area contributed by atoms with E-state index < -0.39 is 6.67 Å². The average Bonchev–Trinajstić information content (AvgIpc) is 3.60. The summed E-state index contributed by atoms with van der Waals surface area (Å²) in [7, 11) is 0. The van der Waals surface area contributed by atoms with E-state index >= 15 is 0 Å². The monoisotopic (exact) mass is 574 g/mol. The van der Waals surface area contributed by atoms with Crippen LogP contribution in [0.3, 0.4) is 0 Å². The van der Waals surface area contributed by atoms with Gasteiger partial charge in [-0.3, -0.25) is 4.79 Å². The molecule has 1 aliphatic heterocycles. The van der Waals surface area contributed by atoms with E-state index in [-0.39, 0.29) is 11.9 Å². The van der Waals surface area contributed by atoms with E-state index in [9.17, 15) is 9.18 Å². The van der Waals surface area contributed by atoms with Crippen molar-refractivity contribution in [3.05, 3.63) is 113 Å². The number of carbonyl (C=O) groups excluding carboxylic acids is 1. The second kappa shape index (κ2) is 15.5. The summed E-state index contributed by atoms with van der Waals surface area (Å²) in [5.41, 5.74) is 5.18. The summed E-state index contributed by atoms with van der Waals surface area (Å²) in [6, 6.07) is 5.66. The number of aromatic amines is 1. The number of amides is 1. The average molecular weight is 575 g/mol. The number of hydrogen-bond acceptors (Lipinski definition) is 3. The molecule has 41 heavy (non-hydrogen) atoms. The molecular weight excluding hydrogens is 539 g/mol. The van der Waals surface area contributed by atoms with E-state index in [1.807, 2.05) is 65.9 Å². The smallest absolute Gasteiger partial charge is 0.220 e. The van der Waals surface area contributed by atoms with Crippen LogP contribution in [0.1, 0.15) is 38.1 Å². The number of hydrogen-bond donors (Lipinski definition) is 1. The molecule has 3 aromatic rings. The van der Waals surface area contributed by atoms with Crippen molar-refractivity contribution in [2.45, 2.75) is 39.8 Å². The van der Waals surface area contributed by atoms with Crippen molar-refractivity contribution in [2.24, 2.45) is 0 Å². The number of aromatic nitrogens is 3. The third kappa shape index (κ3) is 8.60. The first-order valence-corrected chi connectivity index (χ1v) is 13.7. The lowest BCUT2D eigenvalue weighted by Crippen LogP contribution is -2.39. The van der Waals surface area contributed by atoms with E-state index in [2.05, 4.69) is 22.5 Å². The number of allylic oxidation sites excluding steroid dienone is 6. The molecule has 4 rings (SSSR count). The molecule has 1 atom stereocenters. The quantitative estimate of drug-likeness (QED) is 0.166. The Kier molecular flexibility index (Phi) is 11.8. The summed E-state index contributed by atoms with van der Waals surface area (Å²) in [5.74, 6) is 2.95. The molecule has 3 heterocycles. The van der Waals surface area contributed by atoms with Gasteiger partial charge in [-0.25, -0.2) is 9.37 Å². The Bertz CT molecular complexity index is 1510. The fourth-order valence-corrected chi connectivity index (χ4v) is 4.81. The molecule has 1 unspecified atom stereocenters. The van der Waals surface area contributed by atoms with Crippen molar-refractivity contribution in [1.82, 2.24) is 19.4 Å². The van der Waals surface area contributed by atoms with Crippen LogP contribution in [0.15, 0.2) is 96.9 Å². The molecule has 8 heteroatoms. The van der Waals surface area contributed by atoms with Crippen LogP contribution in [0.5, 0.6) is 0 Å². The van der Waals surface area contributed by atoms with E-state index in [0.717, 1.165) is 34.2 Å². The van der Waals surface area contributed by atoms with E-state index in [0.29, 0.717) is 30.5 Å². The normalized spacial score (nSPS) is 15.5. The first kappa shape index (κ1) is 31.3. The first-order valence-electron chi connectivity index (χ1n) is 13.3. The summed E-state index contributed by atoms with van der Waals surface area (Å²) in [6.07, 6.45) is 21.7. The van der Waals surface area contributed by atoms with Crippen molar-refractivity contribution in [3.63, 3.8) is 0 Å². The Morgan fingerprint density at radius 3 is 2.80 bits per heavy atom. The Labute approximate surface area is 246 Å². The van der Waals surface area contributed by atoms with E-state index in [1.165, 1.54) is 11.6 Å². The molecule has 0 spiro atoms. The number of H-pyrrole nitrogens is 1. The molecule has 0 aliphatic carbocycles. The zero-order valence-corrected chi connectivity index (χ0v) is 24.5. The molecule has 0 fully saturated rings. The van der Waals surface area contributed by atoms with Gasteiger partial charge < -0.3 is 19.2 Å². The molecule has 1 aliphatic rings. The molecule has 1 amide bonds. The highest BCUT2D eigenvalue weighted by molar-refractivity contribution is 6.31. The lowest BCUT2D eigenvalue weighted by molar-refractivity contribution is -0.130. The lowest BCUT2D eigenvalue weighted by atomic mass is 9.91. The molecule has 214 valence electrons. The zero-order chi connectivity index (χ0) is 29.8. The SMILES string of the molecule is C#C/C=C(C)\C=C/CF.C=C(/C=C\C(=C/C)C1c2[nH]c3ccc(Cl)cc3c2CCN1C(C)=O)OCCn1ccnc1. The van der Waals surface area contributed by atoms with Crippen molar-refractivity contribution in [1.29, 1.82) is 0 Å². The molecule has 6 nitrogen and oxygen atoms in total. The van der Waals surface area contributed by atoms with Crippen LogP contribution in [-0.4, -0.2) is 45.2 Å². The fraction of sp³-hybridized carbons (Fsp3) is 0.273. The van der Waals surface area contributed by atoms with Crippen molar-refractivity contribution in [3.8, 4) is 12.3 Å². The molecular formula is C33H36ClFN4O2. The number of terminal acetylenes is 1. The van der Waals surface area contributed by atoms with Gasteiger partial charge in [0, 0.05) is 47.5 Å². The van der Waals surface area contributed by atoms with Crippen molar-refractivity contribution in [2.75, 3.05) is 19.8 Å². The van der Waals surface area contributed by atoms with Gasteiger partial charge in [-0.15, -0.1) is 6.42 Å². The predicted molar refractivity (Wildman–Crippen MR) is 165 cm³/mol. The summed E-state index contributed by atoms with van der Waals surface area (Å²) in [6.45, 7) is 10.8. The number of carbonyl (C=O) groups is 1. The maximum atomic E-state index is 12.5. The number of ether oxygens (including phenoxy) is 1. The Balaban J connectivity index is 0.000000445. The van der Waals surface area contributed by atoms with Gasteiger partial charge in [-0.1, -0.05) is 48.4 Å². The minimum Gasteiger partial charge on any atom is -0.492 e. The number of benzene rings is 1.